The Balaban J connectivity index is 1.82. The fourth-order valence-corrected chi connectivity index (χ4v) is 6.63. The number of hydrogen-bond donors (Lipinski definition) is 0. The van der Waals surface area contributed by atoms with E-state index in [0.29, 0.717) is 48.6 Å². The van der Waals surface area contributed by atoms with Crippen LogP contribution in [-0.2, 0) is 19.4 Å². The fraction of sp³-hybridized carbons (Fsp3) is 0.727. The number of anilines is 1. The van der Waals surface area contributed by atoms with Gasteiger partial charge in [-0.25, -0.2) is 13.4 Å². The van der Waals surface area contributed by atoms with Crippen LogP contribution in [0.25, 0.3) is 0 Å². The standard InChI is InChI=1S/C22H35ClN2O4S2/c1-5-7-8-17(6-2)13-29-19(26)10-12-30-18-9-11-24-21(20(18)23)25-14-22(3,15-25)16-31(4,27)28/h9,11,17H,5-8,10,12-16H2,1-4H3. The lowest BCUT2D eigenvalue weighted by Crippen LogP contribution is -2.58. The summed E-state index contributed by atoms with van der Waals surface area (Å²) in [5.41, 5.74) is -0.279. The van der Waals surface area contributed by atoms with E-state index in [0.717, 1.165) is 24.2 Å². The van der Waals surface area contributed by atoms with Crippen molar-refractivity contribution in [1.82, 2.24) is 4.98 Å². The molecule has 0 bridgehead atoms. The van der Waals surface area contributed by atoms with E-state index in [1.807, 2.05) is 17.9 Å². The van der Waals surface area contributed by atoms with Crippen molar-refractivity contribution in [2.24, 2.45) is 11.3 Å². The Hall–Kier alpha value is -0.990. The summed E-state index contributed by atoms with van der Waals surface area (Å²) in [5, 5.41) is 0.549. The van der Waals surface area contributed by atoms with Crippen LogP contribution in [0.2, 0.25) is 5.02 Å². The van der Waals surface area contributed by atoms with Crippen LogP contribution in [0.15, 0.2) is 17.2 Å². The van der Waals surface area contributed by atoms with Crippen molar-refractivity contribution < 1.29 is 17.9 Å². The molecule has 1 aromatic rings. The number of unbranched alkanes of at least 4 members (excludes halogenated alkanes) is 1. The van der Waals surface area contributed by atoms with Gasteiger partial charge in [0.15, 0.2) is 0 Å². The van der Waals surface area contributed by atoms with E-state index in [2.05, 4.69) is 18.8 Å². The van der Waals surface area contributed by atoms with Gasteiger partial charge in [0, 0.05) is 41.6 Å². The minimum Gasteiger partial charge on any atom is -0.465 e. The van der Waals surface area contributed by atoms with E-state index >= 15 is 0 Å². The van der Waals surface area contributed by atoms with Gasteiger partial charge in [-0.1, -0.05) is 51.6 Å². The summed E-state index contributed by atoms with van der Waals surface area (Å²) in [5.74, 6) is 1.68. The quantitative estimate of drug-likeness (QED) is 0.289. The third kappa shape index (κ3) is 8.46. The Morgan fingerprint density at radius 2 is 2.10 bits per heavy atom. The molecule has 2 rings (SSSR count). The molecule has 9 heteroatoms. The molecule has 0 spiro atoms. The van der Waals surface area contributed by atoms with Crippen LogP contribution in [0.3, 0.4) is 0 Å². The van der Waals surface area contributed by atoms with Gasteiger partial charge in [-0.3, -0.25) is 4.79 Å². The number of carbonyl (C=O) groups is 1. The number of ether oxygens (including phenoxy) is 1. The number of nitrogens with zero attached hydrogens (tertiary/aromatic N) is 2. The van der Waals surface area contributed by atoms with Crippen LogP contribution in [-0.4, -0.2) is 56.8 Å². The molecule has 0 aromatic carbocycles. The molecule has 31 heavy (non-hydrogen) atoms. The van der Waals surface area contributed by atoms with Crippen molar-refractivity contribution in [3.8, 4) is 0 Å². The first-order valence-electron chi connectivity index (χ1n) is 10.9. The third-order valence-electron chi connectivity index (χ3n) is 5.48. The number of rotatable bonds is 13. The molecule has 1 aliphatic heterocycles. The summed E-state index contributed by atoms with van der Waals surface area (Å²) in [7, 11) is -3.03. The number of carbonyl (C=O) groups excluding carboxylic acids is 1. The van der Waals surface area contributed by atoms with E-state index in [1.54, 1.807) is 6.20 Å². The highest BCUT2D eigenvalue weighted by atomic mass is 35.5. The molecule has 1 aliphatic rings. The van der Waals surface area contributed by atoms with E-state index in [9.17, 15) is 13.2 Å². The van der Waals surface area contributed by atoms with Crippen molar-refractivity contribution in [1.29, 1.82) is 0 Å². The Bertz CT molecular complexity index is 842. The zero-order valence-electron chi connectivity index (χ0n) is 19.0. The fourth-order valence-electron chi connectivity index (χ4n) is 3.92. The molecule has 0 aliphatic carbocycles. The van der Waals surface area contributed by atoms with Crippen LogP contribution in [0.5, 0.6) is 0 Å². The first-order valence-corrected chi connectivity index (χ1v) is 14.3. The molecule has 1 atom stereocenters. The average molecular weight is 491 g/mol. The summed E-state index contributed by atoms with van der Waals surface area (Å²) in [6.45, 7) is 7.97. The van der Waals surface area contributed by atoms with Crippen LogP contribution < -0.4 is 4.90 Å². The molecule has 0 amide bonds. The molecule has 1 aromatic heterocycles. The van der Waals surface area contributed by atoms with Crippen molar-refractivity contribution in [2.75, 3.05) is 42.4 Å². The molecule has 0 N–H and O–H groups in total. The molecule has 1 unspecified atom stereocenters. The molecule has 0 saturated carbocycles. The van der Waals surface area contributed by atoms with E-state index in [1.165, 1.54) is 24.4 Å². The maximum absolute atomic E-state index is 12.1. The van der Waals surface area contributed by atoms with Crippen LogP contribution in [0, 0.1) is 11.3 Å². The second kappa shape index (κ2) is 11.8. The number of hydrogen-bond acceptors (Lipinski definition) is 7. The highest BCUT2D eigenvalue weighted by Gasteiger charge is 2.42. The molecule has 1 saturated heterocycles. The molecule has 1 fully saturated rings. The van der Waals surface area contributed by atoms with Crippen LogP contribution >= 0.6 is 23.4 Å². The van der Waals surface area contributed by atoms with Crippen molar-refractivity contribution >= 4 is 45.0 Å². The van der Waals surface area contributed by atoms with Crippen LogP contribution in [0.1, 0.15) is 52.9 Å². The number of pyridine rings is 1. The van der Waals surface area contributed by atoms with Gasteiger partial charge in [-0.15, -0.1) is 11.8 Å². The monoisotopic (exact) mass is 490 g/mol. The predicted molar refractivity (Wildman–Crippen MR) is 129 cm³/mol. The summed E-state index contributed by atoms with van der Waals surface area (Å²) in [6, 6.07) is 1.84. The molecular formula is C22H35ClN2O4S2. The second-order valence-electron chi connectivity index (χ2n) is 8.88. The summed E-state index contributed by atoms with van der Waals surface area (Å²) < 4.78 is 28.7. The maximum atomic E-state index is 12.1. The Morgan fingerprint density at radius 1 is 1.39 bits per heavy atom. The topological polar surface area (TPSA) is 76.6 Å². The van der Waals surface area contributed by atoms with Gasteiger partial charge < -0.3 is 9.64 Å². The van der Waals surface area contributed by atoms with Gasteiger partial charge in [0.05, 0.1) is 23.8 Å². The first-order chi connectivity index (χ1) is 14.6. The lowest BCUT2D eigenvalue weighted by atomic mass is 9.84. The van der Waals surface area contributed by atoms with Gasteiger partial charge in [0.2, 0.25) is 0 Å². The summed E-state index contributed by atoms with van der Waals surface area (Å²) in [4.78, 5) is 19.4. The van der Waals surface area contributed by atoms with Gasteiger partial charge in [0.25, 0.3) is 0 Å². The zero-order chi connectivity index (χ0) is 23.1. The largest absolute Gasteiger partial charge is 0.465 e. The van der Waals surface area contributed by atoms with Crippen molar-refractivity contribution in [3.63, 3.8) is 0 Å². The number of esters is 1. The number of aromatic nitrogens is 1. The SMILES string of the molecule is CCCCC(CC)COC(=O)CCSc1ccnc(N2CC(C)(CS(C)(=O)=O)C2)c1Cl. The third-order valence-corrected chi connectivity index (χ3v) is 8.24. The Morgan fingerprint density at radius 3 is 2.71 bits per heavy atom. The number of sulfone groups is 1. The molecule has 6 nitrogen and oxygen atoms in total. The normalized spacial score (nSPS) is 16.6. The number of thioether (sulfide) groups is 1. The van der Waals surface area contributed by atoms with Gasteiger partial charge >= 0.3 is 5.97 Å². The average Bonchev–Trinajstić information content (AvgIpc) is 2.66. The highest BCUT2D eigenvalue weighted by molar-refractivity contribution is 7.99. The maximum Gasteiger partial charge on any atom is 0.306 e. The van der Waals surface area contributed by atoms with Gasteiger partial charge in [-0.2, -0.15) is 0 Å². The van der Waals surface area contributed by atoms with Gasteiger partial charge in [-0.05, 0) is 18.4 Å². The van der Waals surface area contributed by atoms with Crippen LogP contribution in [0.4, 0.5) is 5.82 Å². The van der Waals surface area contributed by atoms with Crippen molar-refractivity contribution in [3.05, 3.63) is 17.3 Å². The predicted octanol–water partition coefficient (Wildman–Crippen LogP) is 4.85. The minimum atomic E-state index is -3.03. The van der Waals surface area contributed by atoms with E-state index in [-0.39, 0.29) is 17.1 Å². The second-order valence-corrected chi connectivity index (χ2v) is 12.5. The zero-order valence-corrected chi connectivity index (χ0v) is 21.4. The number of halogens is 1. The smallest absolute Gasteiger partial charge is 0.306 e. The first kappa shape index (κ1) is 26.3. The lowest BCUT2D eigenvalue weighted by molar-refractivity contribution is -0.144. The molecule has 2 heterocycles. The van der Waals surface area contributed by atoms with E-state index < -0.39 is 9.84 Å². The molecular weight excluding hydrogens is 456 g/mol. The Labute approximate surface area is 196 Å². The summed E-state index contributed by atoms with van der Waals surface area (Å²) in [6.07, 6.45) is 7.75. The molecule has 0 radical (unpaired) electrons. The molecule has 176 valence electrons. The summed E-state index contributed by atoms with van der Waals surface area (Å²) >= 11 is 8.08. The van der Waals surface area contributed by atoms with Gasteiger partial charge in [0.1, 0.15) is 15.7 Å². The minimum absolute atomic E-state index is 0.155. The van der Waals surface area contributed by atoms with E-state index in [4.69, 9.17) is 16.3 Å². The highest BCUT2D eigenvalue weighted by Crippen LogP contribution is 2.40. The Kier molecular flexibility index (Phi) is 9.96. The van der Waals surface area contributed by atoms with Crippen molar-refractivity contribution in [2.45, 2.75) is 57.8 Å². The lowest BCUT2D eigenvalue weighted by Gasteiger charge is -2.48.